The number of hydrogen-bond donors (Lipinski definition) is 2. The maximum atomic E-state index is 11.6. The van der Waals surface area contributed by atoms with E-state index in [2.05, 4.69) is 30.5 Å². The van der Waals surface area contributed by atoms with E-state index in [4.69, 9.17) is 9.73 Å². The summed E-state index contributed by atoms with van der Waals surface area (Å²) in [6.07, 6.45) is 2.65. The van der Waals surface area contributed by atoms with Gasteiger partial charge in [-0.3, -0.25) is 9.79 Å². The molecule has 0 bridgehead atoms. The van der Waals surface area contributed by atoms with Crippen LogP contribution in [0.25, 0.3) is 0 Å². The van der Waals surface area contributed by atoms with E-state index >= 15 is 0 Å². The van der Waals surface area contributed by atoms with Crippen molar-refractivity contribution in [3.8, 4) is 5.75 Å². The number of carbonyl (C=O) groups is 1. The Bertz CT molecular complexity index is 639. The van der Waals surface area contributed by atoms with Crippen molar-refractivity contribution in [3.63, 3.8) is 0 Å². The fraction of sp³-hybridized carbons (Fsp3) is 0.619. The highest BCUT2D eigenvalue weighted by Gasteiger charge is 2.18. The van der Waals surface area contributed by atoms with Crippen molar-refractivity contribution in [1.82, 2.24) is 15.5 Å². The fourth-order valence-corrected chi connectivity index (χ4v) is 4.07. The van der Waals surface area contributed by atoms with E-state index in [9.17, 15) is 4.79 Å². The molecule has 2 N–H and O–H groups in total. The Morgan fingerprint density at radius 3 is 2.89 bits per heavy atom. The standard InChI is InChI=1S/C21H34N4O2S/c1-4-22-21(23-12-8-14-25-13-7-11-20(25)26)24-15-17(2)16-28-19-10-6-5-9-18(19)27-3/h5-6,9-10,17H,4,7-8,11-16H2,1-3H3,(H2,22,23,24). The van der Waals surface area contributed by atoms with Crippen LogP contribution in [-0.4, -0.2) is 62.4 Å². The summed E-state index contributed by atoms with van der Waals surface area (Å²) in [5.74, 6) is 3.51. The third kappa shape index (κ3) is 7.62. The molecule has 1 aromatic carbocycles. The van der Waals surface area contributed by atoms with Crippen LogP contribution in [0.15, 0.2) is 34.2 Å². The van der Waals surface area contributed by atoms with E-state index in [1.165, 1.54) is 4.90 Å². The van der Waals surface area contributed by atoms with Crippen LogP contribution >= 0.6 is 11.8 Å². The summed E-state index contributed by atoms with van der Waals surface area (Å²) in [5.41, 5.74) is 0. The first kappa shape index (κ1) is 22.4. The van der Waals surface area contributed by atoms with E-state index in [1.54, 1.807) is 7.11 Å². The van der Waals surface area contributed by atoms with Crippen molar-refractivity contribution in [3.05, 3.63) is 24.3 Å². The van der Waals surface area contributed by atoms with Gasteiger partial charge in [0.2, 0.25) is 5.91 Å². The number of nitrogens with zero attached hydrogens (tertiary/aromatic N) is 2. The molecule has 0 saturated carbocycles. The lowest BCUT2D eigenvalue weighted by molar-refractivity contribution is -0.127. The molecule has 156 valence electrons. The monoisotopic (exact) mass is 406 g/mol. The molecule has 0 spiro atoms. The van der Waals surface area contributed by atoms with E-state index in [0.717, 1.165) is 63.0 Å². The highest BCUT2D eigenvalue weighted by atomic mass is 32.2. The molecular formula is C21H34N4O2S. The number of ether oxygens (including phenoxy) is 1. The second kappa shape index (κ2) is 12.5. The zero-order valence-corrected chi connectivity index (χ0v) is 18.2. The molecule has 1 fully saturated rings. The molecule has 1 aliphatic rings. The van der Waals surface area contributed by atoms with Crippen LogP contribution in [0.5, 0.6) is 5.75 Å². The van der Waals surface area contributed by atoms with Gasteiger partial charge in [0.05, 0.1) is 7.11 Å². The smallest absolute Gasteiger partial charge is 0.222 e. The highest BCUT2D eigenvalue weighted by molar-refractivity contribution is 7.99. The molecule has 0 radical (unpaired) electrons. The SMILES string of the molecule is CCNC(=NCC(C)CSc1ccccc1OC)NCCCN1CCCC1=O. The minimum absolute atomic E-state index is 0.293. The summed E-state index contributed by atoms with van der Waals surface area (Å²) in [6, 6.07) is 8.12. The predicted molar refractivity (Wildman–Crippen MR) is 117 cm³/mol. The number of carbonyl (C=O) groups excluding carboxylic acids is 1. The molecular weight excluding hydrogens is 372 g/mol. The van der Waals surface area contributed by atoms with E-state index in [0.29, 0.717) is 18.2 Å². The number of aliphatic imine (C=N–C) groups is 1. The molecule has 1 unspecified atom stereocenters. The average molecular weight is 407 g/mol. The van der Waals surface area contributed by atoms with Crippen molar-refractivity contribution in [2.75, 3.05) is 45.6 Å². The Hall–Kier alpha value is -1.89. The van der Waals surface area contributed by atoms with Gasteiger partial charge in [-0.1, -0.05) is 19.1 Å². The van der Waals surface area contributed by atoms with Crippen molar-refractivity contribution in [1.29, 1.82) is 0 Å². The summed E-state index contributed by atoms with van der Waals surface area (Å²) >= 11 is 1.81. The van der Waals surface area contributed by atoms with Gasteiger partial charge in [0.25, 0.3) is 0 Å². The zero-order chi connectivity index (χ0) is 20.2. The van der Waals surface area contributed by atoms with Crippen molar-refractivity contribution < 1.29 is 9.53 Å². The average Bonchev–Trinajstić information content (AvgIpc) is 3.12. The number of para-hydroxylation sites is 1. The molecule has 1 saturated heterocycles. The Morgan fingerprint density at radius 1 is 1.36 bits per heavy atom. The van der Waals surface area contributed by atoms with Gasteiger partial charge in [0, 0.05) is 49.8 Å². The number of amides is 1. The Labute approximate surface area is 173 Å². The number of hydrogen-bond acceptors (Lipinski definition) is 4. The molecule has 1 amide bonds. The van der Waals surface area contributed by atoms with Crippen LogP contribution in [0.4, 0.5) is 0 Å². The summed E-state index contributed by atoms with van der Waals surface area (Å²) in [4.78, 5) is 19.5. The van der Waals surface area contributed by atoms with Crippen LogP contribution in [0.3, 0.4) is 0 Å². The Kier molecular flexibility index (Phi) is 10.0. The lowest BCUT2D eigenvalue weighted by Crippen LogP contribution is -2.39. The van der Waals surface area contributed by atoms with Crippen molar-refractivity contribution >= 4 is 23.6 Å². The first-order valence-electron chi connectivity index (χ1n) is 10.2. The maximum absolute atomic E-state index is 11.6. The number of nitrogens with one attached hydrogen (secondary N) is 2. The third-order valence-electron chi connectivity index (χ3n) is 4.57. The summed E-state index contributed by atoms with van der Waals surface area (Å²) in [7, 11) is 1.71. The van der Waals surface area contributed by atoms with Gasteiger partial charge in [-0.2, -0.15) is 0 Å². The van der Waals surface area contributed by atoms with Crippen LogP contribution in [0.2, 0.25) is 0 Å². The van der Waals surface area contributed by atoms with Crippen molar-refractivity contribution in [2.24, 2.45) is 10.9 Å². The minimum atomic E-state index is 0.293. The first-order chi connectivity index (χ1) is 13.6. The number of thioether (sulfide) groups is 1. The van der Waals surface area contributed by atoms with Crippen LogP contribution in [-0.2, 0) is 4.79 Å². The second-order valence-corrected chi connectivity index (χ2v) is 8.11. The van der Waals surface area contributed by atoms with Gasteiger partial charge in [-0.05, 0) is 37.8 Å². The number of benzene rings is 1. The number of guanidine groups is 1. The minimum Gasteiger partial charge on any atom is -0.496 e. The third-order valence-corrected chi connectivity index (χ3v) is 5.95. The van der Waals surface area contributed by atoms with E-state index in [1.807, 2.05) is 34.9 Å². The lowest BCUT2D eigenvalue weighted by Gasteiger charge is -2.17. The summed E-state index contributed by atoms with van der Waals surface area (Å²) < 4.78 is 5.41. The fourth-order valence-electron chi connectivity index (χ4n) is 3.03. The second-order valence-electron chi connectivity index (χ2n) is 7.05. The Balaban J connectivity index is 1.71. The number of methoxy groups -OCH3 is 1. The summed E-state index contributed by atoms with van der Waals surface area (Å²) in [5, 5.41) is 6.68. The molecule has 2 rings (SSSR count). The molecule has 1 aliphatic heterocycles. The molecule has 1 atom stereocenters. The van der Waals surface area contributed by atoms with Gasteiger partial charge < -0.3 is 20.3 Å². The molecule has 7 heteroatoms. The largest absolute Gasteiger partial charge is 0.496 e. The van der Waals surface area contributed by atoms with Gasteiger partial charge in [-0.15, -0.1) is 11.8 Å². The zero-order valence-electron chi connectivity index (χ0n) is 17.4. The van der Waals surface area contributed by atoms with Gasteiger partial charge in [0.1, 0.15) is 5.75 Å². The van der Waals surface area contributed by atoms with Crippen LogP contribution < -0.4 is 15.4 Å². The molecule has 1 aromatic rings. The molecule has 1 heterocycles. The highest BCUT2D eigenvalue weighted by Crippen LogP contribution is 2.29. The molecule has 0 aliphatic carbocycles. The maximum Gasteiger partial charge on any atom is 0.222 e. The van der Waals surface area contributed by atoms with E-state index in [-0.39, 0.29) is 0 Å². The van der Waals surface area contributed by atoms with E-state index < -0.39 is 0 Å². The van der Waals surface area contributed by atoms with Gasteiger partial charge >= 0.3 is 0 Å². The van der Waals surface area contributed by atoms with Gasteiger partial charge in [-0.25, -0.2) is 0 Å². The van der Waals surface area contributed by atoms with Crippen LogP contribution in [0, 0.1) is 5.92 Å². The van der Waals surface area contributed by atoms with Crippen LogP contribution in [0.1, 0.15) is 33.1 Å². The van der Waals surface area contributed by atoms with Gasteiger partial charge in [0.15, 0.2) is 5.96 Å². The number of rotatable bonds is 11. The van der Waals surface area contributed by atoms with Crippen molar-refractivity contribution in [2.45, 2.75) is 38.0 Å². The topological polar surface area (TPSA) is 66.0 Å². The quantitative estimate of drug-likeness (QED) is 0.256. The normalized spacial score (nSPS) is 15.6. The summed E-state index contributed by atoms with van der Waals surface area (Å²) in [6.45, 7) is 8.45. The Morgan fingerprint density at radius 2 is 2.18 bits per heavy atom. The molecule has 28 heavy (non-hydrogen) atoms. The molecule has 0 aromatic heterocycles. The first-order valence-corrected chi connectivity index (χ1v) is 11.2. The molecule has 6 nitrogen and oxygen atoms in total. The predicted octanol–water partition coefficient (Wildman–Crippen LogP) is 2.99. The lowest BCUT2D eigenvalue weighted by atomic mass is 10.2. The number of likely N-dealkylation sites (tertiary alicyclic amines) is 1.